The lowest BCUT2D eigenvalue weighted by Crippen LogP contribution is -2.33. The SMILES string of the molecule is NC(=O)C1(CS(=O)(=O)CCC(=O)NCCCC(=O)c2noc(C(F)(F)F)n2)CC1. The third-order valence-electron chi connectivity index (χ3n) is 4.33. The number of halogens is 3. The summed E-state index contributed by atoms with van der Waals surface area (Å²) in [4.78, 5) is 37.6. The van der Waals surface area contributed by atoms with Gasteiger partial charge in [0.1, 0.15) is 0 Å². The summed E-state index contributed by atoms with van der Waals surface area (Å²) >= 11 is 0. The predicted octanol–water partition coefficient (Wildman–Crippen LogP) is 0.238. The standard InChI is InChI=1S/C15H19F3N4O6S/c16-15(17,18)13-21-11(22-28-13)9(23)2-1-6-20-10(24)3-7-29(26,27)8-14(4-5-14)12(19)25/h1-8H2,(H2,19,25)(H,20,24). The Kier molecular flexibility index (Phi) is 6.65. The summed E-state index contributed by atoms with van der Waals surface area (Å²) in [6.45, 7) is -0.000175. The van der Waals surface area contributed by atoms with Crippen molar-refractivity contribution >= 4 is 27.4 Å². The lowest BCUT2D eigenvalue weighted by Gasteiger charge is -2.11. The van der Waals surface area contributed by atoms with Crippen LogP contribution >= 0.6 is 0 Å². The maximum absolute atomic E-state index is 12.3. The van der Waals surface area contributed by atoms with Crippen molar-refractivity contribution in [2.75, 3.05) is 18.1 Å². The molecular weight excluding hydrogens is 421 g/mol. The number of Topliss-reactive ketones (excluding diaryl/α,β-unsaturated/α-hetero) is 1. The van der Waals surface area contributed by atoms with Crippen molar-refractivity contribution in [3.63, 3.8) is 0 Å². The zero-order chi connectivity index (χ0) is 21.9. The van der Waals surface area contributed by atoms with Gasteiger partial charge in [-0.05, 0) is 19.3 Å². The van der Waals surface area contributed by atoms with Crippen LogP contribution in [0.15, 0.2) is 4.52 Å². The molecule has 1 aromatic rings. The highest BCUT2D eigenvalue weighted by Gasteiger charge is 2.51. The van der Waals surface area contributed by atoms with E-state index in [0.29, 0.717) is 12.8 Å². The summed E-state index contributed by atoms with van der Waals surface area (Å²) < 4.78 is 65.0. The molecule has 0 spiro atoms. The van der Waals surface area contributed by atoms with Gasteiger partial charge >= 0.3 is 12.1 Å². The molecule has 1 heterocycles. The van der Waals surface area contributed by atoms with Crippen LogP contribution in [0.25, 0.3) is 0 Å². The van der Waals surface area contributed by atoms with Gasteiger partial charge in [0.25, 0.3) is 0 Å². The number of carbonyl (C=O) groups excluding carboxylic acids is 3. The van der Waals surface area contributed by atoms with Crippen LogP contribution in [-0.4, -0.2) is 54.2 Å². The highest BCUT2D eigenvalue weighted by Crippen LogP contribution is 2.46. The first kappa shape index (κ1) is 22.8. The molecule has 10 nitrogen and oxygen atoms in total. The number of aromatic nitrogens is 2. The van der Waals surface area contributed by atoms with E-state index >= 15 is 0 Å². The van der Waals surface area contributed by atoms with Crippen LogP contribution in [0.2, 0.25) is 0 Å². The first-order valence-electron chi connectivity index (χ1n) is 8.56. The molecule has 0 atom stereocenters. The third kappa shape index (κ3) is 6.51. The van der Waals surface area contributed by atoms with Crippen LogP contribution in [0.5, 0.6) is 0 Å². The smallest absolute Gasteiger partial charge is 0.369 e. The zero-order valence-corrected chi connectivity index (χ0v) is 15.9. The zero-order valence-electron chi connectivity index (χ0n) is 15.1. The molecule has 0 aliphatic heterocycles. The Balaban J connectivity index is 1.67. The summed E-state index contributed by atoms with van der Waals surface area (Å²) in [7, 11) is -3.64. The topological polar surface area (TPSA) is 162 Å². The van der Waals surface area contributed by atoms with Gasteiger partial charge in [-0.3, -0.25) is 14.4 Å². The molecule has 0 unspecified atom stereocenters. The number of primary amides is 1. The first-order chi connectivity index (χ1) is 13.3. The number of sulfone groups is 1. The van der Waals surface area contributed by atoms with Gasteiger partial charge in [-0.25, -0.2) is 8.42 Å². The Labute approximate surface area is 163 Å². The molecule has 0 radical (unpaired) electrons. The highest BCUT2D eigenvalue weighted by molar-refractivity contribution is 7.91. The van der Waals surface area contributed by atoms with Gasteiger partial charge < -0.3 is 15.6 Å². The minimum absolute atomic E-state index is 0.000175. The Hall–Kier alpha value is -2.51. The van der Waals surface area contributed by atoms with Gasteiger partial charge in [-0.2, -0.15) is 18.2 Å². The van der Waals surface area contributed by atoms with Crippen LogP contribution < -0.4 is 11.1 Å². The second kappa shape index (κ2) is 8.47. The van der Waals surface area contributed by atoms with E-state index in [9.17, 15) is 36.0 Å². The van der Waals surface area contributed by atoms with Gasteiger partial charge in [0.05, 0.1) is 16.9 Å². The van der Waals surface area contributed by atoms with E-state index < -0.39 is 56.5 Å². The minimum atomic E-state index is -4.85. The van der Waals surface area contributed by atoms with Crippen LogP contribution in [-0.2, 0) is 25.6 Å². The van der Waals surface area contributed by atoms with Crippen LogP contribution in [0.1, 0.15) is 48.6 Å². The number of hydrogen-bond acceptors (Lipinski definition) is 8. The Morgan fingerprint density at radius 1 is 1.21 bits per heavy atom. The summed E-state index contributed by atoms with van der Waals surface area (Å²) in [6, 6.07) is 0. The Morgan fingerprint density at radius 3 is 2.38 bits per heavy atom. The number of nitrogens with two attached hydrogens (primary N) is 1. The van der Waals surface area contributed by atoms with Gasteiger partial charge in [0.15, 0.2) is 9.84 Å². The summed E-state index contributed by atoms with van der Waals surface area (Å²) in [5.41, 5.74) is 4.17. The van der Waals surface area contributed by atoms with Gasteiger partial charge in [-0.1, -0.05) is 5.16 Å². The fourth-order valence-electron chi connectivity index (χ4n) is 2.48. The monoisotopic (exact) mass is 440 g/mol. The van der Waals surface area contributed by atoms with Gasteiger partial charge in [0, 0.05) is 19.4 Å². The first-order valence-corrected chi connectivity index (χ1v) is 10.4. The van der Waals surface area contributed by atoms with Crippen molar-refractivity contribution < 1.29 is 40.5 Å². The fraction of sp³-hybridized carbons (Fsp3) is 0.667. The molecule has 162 valence electrons. The summed E-state index contributed by atoms with van der Waals surface area (Å²) in [6.07, 6.45) is -4.52. The second-order valence-electron chi connectivity index (χ2n) is 6.78. The van der Waals surface area contributed by atoms with E-state index in [-0.39, 0.29) is 31.6 Å². The third-order valence-corrected chi connectivity index (χ3v) is 6.15. The molecule has 1 aliphatic rings. The molecule has 29 heavy (non-hydrogen) atoms. The fourth-order valence-corrected chi connectivity index (χ4v) is 4.40. The lowest BCUT2D eigenvalue weighted by atomic mass is 10.1. The molecular formula is C15H19F3N4O6S. The molecule has 1 aromatic heterocycles. The molecule has 1 fully saturated rings. The normalized spacial score (nSPS) is 15.7. The van der Waals surface area contributed by atoms with E-state index in [0.717, 1.165) is 0 Å². The molecule has 1 aliphatic carbocycles. The van der Waals surface area contributed by atoms with Crippen LogP contribution in [0.3, 0.4) is 0 Å². The van der Waals surface area contributed by atoms with E-state index in [1.807, 2.05) is 0 Å². The largest absolute Gasteiger partial charge is 0.471 e. The van der Waals surface area contributed by atoms with Crippen molar-refractivity contribution in [2.45, 2.75) is 38.3 Å². The van der Waals surface area contributed by atoms with Gasteiger partial charge in [-0.15, -0.1) is 0 Å². The minimum Gasteiger partial charge on any atom is -0.369 e. The van der Waals surface area contributed by atoms with E-state index in [2.05, 4.69) is 20.0 Å². The molecule has 0 aromatic carbocycles. The second-order valence-corrected chi connectivity index (χ2v) is 8.97. The number of nitrogens with zero attached hydrogens (tertiary/aromatic N) is 2. The maximum Gasteiger partial charge on any atom is 0.471 e. The Bertz CT molecular complexity index is 892. The van der Waals surface area contributed by atoms with Crippen molar-refractivity contribution in [3.8, 4) is 0 Å². The predicted molar refractivity (Wildman–Crippen MR) is 90.0 cm³/mol. The molecule has 1 saturated carbocycles. The number of amides is 2. The molecule has 3 N–H and O–H groups in total. The number of nitrogens with one attached hydrogen (secondary N) is 1. The van der Waals surface area contributed by atoms with Crippen molar-refractivity contribution in [3.05, 3.63) is 11.7 Å². The molecule has 0 saturated heterocycles. The summed E-state index contributed by atoms with van der Waals surface area (Å²) in [5, 5.41) is 5.36. The summed E-state index contributed by atoms with van der Waals surface area (Å²) in [5.74, 6) is -5.21. The number of hydrogen-bond donors (Lipinski definition) is 2. The van der Waals surface area contributed by atoms with E-state index in [1.54, 1.807) is 0 Å². The molecule has 2 amide bonds. The highest BCUT2D eigenvalue weighted by atomic mass is 32.2. The van der Waals surface area contributed by atoms with E-state index in [4.69, 9.17) is 5.73 Å². The number of alkyl halides is 3. The van der Waals surface area contributed by atoms with Crippen molar-refractivity contribution in [2.24, 2.45) is 11.1 Å². The van der Waals surface area contributed by atoms with Gasteiger partial charge in [0.2, 0.25) is 23.4 Å². The van der Waals surface area contributed by atoms with E-state index in [1.165, 1.54) is 0 Å². The molecule has 14 heteroatoms. The molecule has 2 rings (SSSR count). The van der Waals surface area contributed by atoms with Crippen molar-refractivity contribution in [1.29, 1.82) is 0 Å². The average Bonchev–Trinajstić information content (AvgIpc) is 3.19. The quantitative estimate of drug-likeness (QED) is 0.365. The lowest BCUT2D eigenvalue weighted by molar-refractivity contribution is -0.159. The van der Waals surface area contributed by atoms with Crippen LogP contribution in [0.4, 0.5) is 13.2 Å². The number of carbonyl (C=O) groups is 3. The Morgan fingerprint density at radius 2 is 1.86 bits per heavy atom. The maximum atomic E-state index is 12.3. The van der Waals surface area contributed by atoms with Crippen molar-refractivity contribution in [1.82, 2.24) is 15.5 Å². The number of rotatable bonds is 11. The molecule has 0 bridgehead atoms. The van der Waals surface area contributed by atoms with Crippen LogP contribution in [0, 0.1) is 5.41 Å². The average molecular weight is 440 g/mol. The number of ketones is 1.